The number of nitrogens with zero attached hydrogens (tertiary/aromatic N) is 2. The van der Waals surface area contributed by atoms with E-state index in [1.165, 1.54) is 17.0 Å². The van der Waals surface area contributed by atoms with Gasteiger partial charge in [-0.2, -0.15) is 0 Å². The number of likely N-dealkylation sites (N-methyl/N-ethyl adjacent to an activating group) is 1. The van der Waals surface area contributed by atoms with E-state index in [1.807, 2.05) is 25.1 Å². The van der Waals surface area contributed by atoms with E-state index in [4.69, 9.17) is 0 Å². The molecule has 130 valence electrons. The quantitative estimate of drug-likeness (QED) is 0.840. The van der Waals surface area contributed by atoms with Crippen LogP contribution in [0.15, 0.2) is 53.4 Å². The van der Waals surface area contributed by atoms with Gasteiger partial charge in [0, 0.05) is 12.2 Å². The second-order valence-electron chi connectivity index (χ2n) is 5.74. The standard InChI is InChI=1S/C18H18N2O4S/c1-3-19(15-10-6-4-8-13(15)2)17(21)12-20-18(22)14-9-5-7-11-16(14)25(20,23)24/h4-11H,3,12H2,1-2H3. The van der Waals surface area contributed by atoms with E-state index in [0.29, 0.717) is 16.5 Å². The molecule has 1 aliphatic heterocycles. The Morgan fingerprint density at radius 2 is 1.72 bits per heavy atom. The molecule has 1 heterocycles. The van der Waals surface area contributed by atoms with Crippen molar-refractivity contribution < 1.29 is 18.0 Å². The van der Waals surface area contributed by atoms with Crippen molar-refractivity contribution in [3.8, 4) is 0 Å². The first-order valence-corrected chi connectivity index (χ1v) is 9.34. The topological polar surface area (TPSA) is 74.8 Å². The lowest BCUT2D eigenvalue weighted by Gasteiger charge is -2.25. The van der Waals surface area contributed by atoms with Gasteiger partial charge in [0.05, 0.1) is 5.56 Å². The van der Waals surface area contributed by atoms with E-state index in [0.717, 1.165) is 5.56 Å². The highest BCUT2D eigenvalue weighted by molar-refractivity contribution is 7.90. The summed E-state index contributed by atoms with van der Waals surface area (Å²) in [4.78, 5) is 26.6. The average Bonchev–Trinajstić information content (AvgIpc) is 2.79. The molecule has 25 heavy (non-hydrogen) atoms. The average molecular weight is 358 g/mol. The van der Waals surface area contributed by atoms with Gasteiger partial charge in [-0.3, -0.25) is 9.59 Å². The van der Waals surface area contributed by atoms with Crippen molar-refractivity contribution in [2.75, 3.05) is 18.0 Å². The minimum absolute atomic E-state index is 0.0493. The van der Waals surface area contributed by atoms with Crippen LogP contribution < -0.4 is 4.90 Å². The molecule has 7 heteroatoms. The maximum Gasteiger partial charge on any atom is 0.269 e. The van der Waals surface area contributed by atoms with E-state index in [1.54, 1.807) is 25.1 Å². The van der Waals surface area contributed by atoms with Gasteiger partial charge in [-0.05, 0) is 37.6 Å². The molecular formula is C18H18N2O4S. The van der Waals surface area contributed by atoms with Crippen LogP contribution in [-0.2, 0) is 14.8 Å². The summed E-state index contributed by atoms with van der Waals surface area (Å²) >= 11 is 0. The van der Waals surface area contributed by atoms with Gasteiger partial charge in [0.25, 0.3) is 15.9 Å². The Kier molecular flexibility index (Phi) is 4.34. The number of para-hydroxylation sites is 1. The highest BCUT2D eigenvalue weighted by Crippen LogP contribution is 2.30. The van der Waals surface area contributed by atoms with E-state index in [9.17, 15) is 18.0 Å². The lowest BCUT2D eigenvalue weighted by atomic mass is 10.1. The number of rotatable bonds is 4. The van der Waals surface area contributed by atoms with Crippen LogP contribution in [0.4, 0.5) is 5.69 Å². The molecule has 0 aromatic heterocycles. The van der Waals surface area contributed by atoms with Crippen LogP contribution in [0, 0.1) is 6.92 Å². The molecular weight excluding hydrogens is 340 g/mol. The van der Waals surface area contributed by atoms with Crippen LogP contribution in [-0.4, -0.2) is 37.6 Å². The second-order valence-corrected chi connectivity index (χ2v) is 7.57. The van der Waals surface area contributed by atoms with E-state index < -0.39 is 28.4 Å². The highest BCUT2D eigenvalue weighted by atomic mass is 32.2. The third-order valence-corrected chi connectivity index (χ3v) is 6.00. The first-order valence-electron chi connectivity index (χ1n) is 7.90. The number of amides is 2. The Morgan fingerprint density at radius 1 is 1.08 bits per heavy atom. The van der Waals surface area contributed by atoms with Gasteiger partial charge in [0.1, 0.15) is 11.4 Å². The molecule has 0 atom stereocenters. The van der Waals surface area contributed by atoms with Crippen LogP contribution >= 0.6 is 0 Å². The normalized spacial score (nSPS) is 15.1. The van der Waals surface area contributed by atoms with Crippen molar-refractivity contribution in [3.63, 3.8) is 0 Å². The molecule has 6 nitrogen and oxygen atoms in total. The molecule has 0 aliphatic carbocycles. The Morgan fingerprint density at radius 3 is 2.36 bits per heavy atom. The van der Waals surface area contributed by atoms with Crippen LogP contribution in [0.1, 0.15) is 22.8 Å². The molecule has 2 amide bonds. The number of fused-ring (bicyclic) bond motifs is 1. The first-order chi connectivity index (χ1) is 11.9. The Hall–Kier alpha value is -2.67. The van der Waals surface area contributed by atoms with Gasteiger partial charge in [-0.25, -0.2) is 12.7 Å². The number of hydrogen-bond acceptors (Lipinski definition) is 4. The van der Waals surface area contributed by atoms with E-state index in [-0.39, 0.29) is 10.5 Å². The smallest absolute Gasteiger partial charge is 0.269 e. The van der Waals surface area contributed by atoms with Crippen LogP contribution in [0.5, 0.6) is 0 Å². The molecule has 0 spiro atoms. The SMILES string of the molecule is CCN(C(=O)CN1C(=O)c2ccccc2S1(=O)=O)c1ccccc1C. The summed E-state index contributed by atoms with van der Waals surface area (Å²) in [6.07, 6.45) is 0. The third-order valence-electron chi connectivity index (χ3n) is 4.21. The molecule has 0 bridgehead atoms. The summed E-state index contributed by atoms with van der Waals surface area (Å²) in [5.74, 6) is -1.11. The zero-order valence-electron chi connectivity index (χ0n) is 14.0. The number of carbonyl (C=O) groups excluding carboxylic acids is 2. The van der Waals surface area contributed by atoms with Gasteiger partial charge < -0.3 is 4.90 Å². The van der Waals surface area contributed by atoms with E-state index in [2.05, 4.69) is 0 Å². The van der Waals surface area contributed by atoms with Gasteiger partial charge >= 0.3 is 0 Å². The summed E-state index contributed by atoms with van der Waals surface area (Å²) in [5, 5.41) is 0. The number of carbonyl (C=O) groups is 2. The summed E-state index contributed by atoms with van der Waals surface area (Å²) in [6.45, 7) is 3.54. The molecule has 1 aliphatic rings. The molecule has 0 saturated carbocycles. The van der Waals surface area contributed by atoms with Crippen molar-refractivity contribution in [1.82, 2.24) is 4.31 Å². The first kappa shape index (κ1) is 17.2. The Labute approximate surface area is 146 Å². The summed E-state index contributed by atoms with van der Waals surface area (Å²) in [6, 6.07) is 13.3. The van der Waals surface area contributed by atoms with Crippen molar-refractivity contribution in [1.29, 1.82) is 0 Å². The molecule has 0 N–H and O–H groups in total. The van der Waals surface area contributed by atoms with Gasteiger partial charge in [-0.15, -0.1) is 0 Å². The molecule has 2 aromatic rings. The number of benzene rings is 2. The fourth-order valence-corrected chi connectivity index (χ4v) is 4.46. The highest BCUT2D eigenvalue weighted by Gasteiger charge is 2.42. The van der Waals surface area contributed by atoms with Crippen molar-refractivity contribution in [3.05, 3.63) is 59.7 Å². The van der Waals surface area contributed by atoms with Crippen molar-refractivity contribution in [2.24, 2.45) is 0 Å². The number of hydrogen-bond donors (Lipinski definition) is 0. The monoisotopic (exact) mass is 358 g/mol. The largest absolute Gasteiger partial charge is 0.311 e. The molecule has 0 saturated heterocycles. The third kappa shape index (κ3) is 2.80. The molecule has 2 aromatic carbocycles. The molecule has 0 radical (unpaired) electrons. The van der Waals surface area contributed by atoms with E-state index >= 15 is 0 Å². The van der Waals surface area contributed by atoms with Gasteiger partial charge in [0.15, 0.2) is 0 Å². The molecule has 0 unspecified atom stereocenters. The Bertz CT molecular complexity index is 953. The van der Waals surface area contributed by atoms with Crippen LogP contribution in [0.2, 0.25) is 0 Å². The minimum atomic E-state index is -3.99. The lowest BCUT2D eigenvalue weighted by Crippen LogP contribution is -2.43. The summed E-state index contributed by atoms with van der Waals surface area (Å²) in [7, 11) is -3.99. The predicted molar refractivity (Wildman–Crippen MR) is 93.9 cm³/mol. The molecule has 0 fully saturated rings. The maximum absolute atomic E-state index is 12.7. The maximum atomic E-state index is 12.7. The minimum Gasteiger partial charge on any atom is -0.311 e. The fourth-order valence-electron chi connectivity index (χ4n) is 2.94. The number of sulfonamides is 1. The predicted octanol–water partition coefficient (Wildman–Crippen LogP) is 2.19. The van der Waals surface area contributed by atoms with Gasteiger partial charge in [-0.1, -0.05) is 30.3 Å². The summed E-state index contributed by atoms with van der Waals surface area (Å²) in [5.41, 5.74) is 1.71. The van der Waals surface area contributed by atoms with Crippen LogP contribution in [0.3, 0.4) is 0 Å². The second kappa shape index (κ2) is 6.33. The number of anilines is 1. The fraction of sp³-hybridized carbons (Fsp3) is 0.222. The van der Waals surface area contributed by atoms with Crippen molar-refractivity contribution >= 4 is 27.5 Å². The Balaban J connectivity index is 1.91. The zero-order chi connectivity index (χ0) is 18.2. The van der Waals surface area contributed by atoms with Gasteiger partial charge in [0.2, 0.25) is 5.91 Å². The molecule has 3 rings (SSSR count). The van der Waals surface area contributed by atoms with Crippen molar-refractivity contribution in [2.45, 2.75) is 18.7 Å². The zero-order valence-corrected chi connectivity index (χ0v) is 14.8. The number of aryl methyl sites for hydroxylation is 1. The van der Waals surface area contributed by atoms with Crippen LogP contribution in [0.25, 0.3) is 0 Å². The lowest BCUT2D eigenvalue weighted by molar-refractivity contribution is -0.118. The summed E-state index contributed by atoms with van der Waals surface area (Å²) < 4.78 is 25.8.